The predicted octanol–water partition coefficient (Wildman–Crippen LogP) is 0.551. The molecule has 1 saturated carbocycles. The molecule has 1 aliphatic carbocycles. The number of ether oxygens (including phenoxy) is 2. The van der Waals surface area contributed by atoms with Gasteiger partial charge in [-0.25, -0.2) is 4.79 Å². The van der Waals surface area contributed by atoms with Crippen molar-refractivity contribution in [3.8, 4) is 0 Å². The molecule has 7 heteroatoms. The van der Waals surface area contributed by atoms with E-state index in [4.69, 9.17) is 4.74 Å². The fourth-order valence-electron chi connectivity index (χ4n) is 1.96. The molecule has 0 saturated heterocycles. The van der Waals surface area contributed by atoms with E-state index >= 15 is 0 Å². The van der Waals surface area contributed by atoms with Gasteiger partial charge >= 0.3 is 11.9 Å². The topological polar surface area (TPSA) is 94.6 Å². The monoisotopic (exact) mass is 292 g/mol. The van der Waals surface area contributed by atoms with E-state index in [-0.39, 0.29) is 23.8 Å². The molecule has 0 aliphatic heterocycles. The minimum absolute atomic E-state index is 0.0959. The molecular formula is C14H16N2O5. The van der Waals surface area contributed by atoms with Gasteiger partial charge in [-0.05, 0) is 25.0 Å². The maximum absolute atomic E-state index is 12.0. The summed E-state index contributed by atoms with van der Waals surface area (Å²) in [4.78, 5) is 38.9. The van der Waals surface area contributed by atoms with Gasteiger partial charge < -0.3 is 14.8 Å². The van der Waals surface area contributed by atoms with E-state index in [0.717, 1.165) is 0 Å². The lowest BCUT2D eigenvalue weighted by atomic mass is 10.1. The first-order chi connectivity index (χ1) is 10.0. The Morgan fingerprint density at radius 2 is 2.00 bits per heavy atom. The Hall–Kier alpha value is -2.44. The number of methoxy groups -OCH3 is 2. The summed E-state index contributed by atoms with van der Waals surface area (Å²) in [5, 5.41) is 2.65. The molecule has 1 heterocycles. The average Bonchev–Trinajstić information content (AvgIpc) is 3.32. The summed E-state index contributed by atoms with van der Waals surface area (Å²) in [7, 11) is 2.58. The van der Waals surface area contributed by atoms with Crippen LogP contribution in [0.1, 0.15) is 33.7 Å². The zero-order valence-electron chi connectivity index (χ0n) is 11.8. The van der Waals surface area contributed by atoms with E-state index < -0.39 is 17.3 Å². The normalized spacial score (nSPS) is 15.0. The Morgan fingerprint density at radius 3 is 2.57 bits per heavy atom. The number of nitrogens with zero attached hydrogens (tertiary/aromatic N) is 1. The number of carbonyl (C=O) groups is 3. The van der Waals surface area contributed by atoms with Gasteiger partial charge in [0.2, 0.25) is 0 Å². The third-order valence-corrected chi connectivity index (χ3v) is 3.47. The summed E-state index contributed by atoms with van der Waals surface area (Å²) in [6.45, 7) is 0.197. The summed E-state index contributed by atoms with van der Waals surface area (Å²) in [6.07, 6.45) is 2.74. The highest BCUT2D eigenvalue weighted by Crippen LogP contribution is 2.46. The van der Waals surface area contributed by atoms with Crippen molar-refractivity contribution >= 4 is 17.8 Å². The molecule has 1 aromatic heterocycles. The standard InChI is InChI=1S/C14H16N2O5/c1-20-12(18)9-3-6-15-10(7-9)11(17)16-8-14(4-5-14)13(19)21-2/h3,6-7H,4-5,8H2,1-2H3,(H,16,17). The number of esters is 2. The van der Waals surface area contributed by atoms with Crippen LogP contribution in [0.15, 0.2) is 18.3 Å². The van der Waals surface area contributed by atoms with Gasteiger partial charge in [-0.15, -0.1) is 0 Å². The largest absolute Gasteiger partial charge is 0.469 e. The van der Waals surface area contributed by atoms with Crippen molar-refractivity contribution in [3.05, 3.63) is 29.6 Å². The van der Waals surface area contributed by atoms with E-state index in [1.54, 1.807) is 0 Å². The van der Waals surface area contributed by atoms with Crippen molar-refractivity contribution in [2.45, 2.75) is 12.8 Å². The average molecular weight is 292 g/mol. The number of nitrogens with one attached hydrogen (secondary N) is 1. The Balaban J connectivity index is 2.01. The maximum atomic E-state index is 12.0. The van der Waals surface area contributed by atoms with E-state index in [1.807, 2.05) is 0 Å². The Bertz CT molecular complexity index is 580. The summed E-state index contributed by atoms with van der Waals surface area (Å²) in [5.74, 6) is -1.31. The molecule has 112 valence electrons. The van der Waals surface area contributed by atoms with Crippen LogP contribution in [-0.2, 0) is 14.3 Å². The summed E-state index contributed by atoms with van der Waals surface area (Å²) in [6, 6.07) is 2.80. The minimum atomic E-state index is -0.607. The number of amides is 1. The van der Waals surface area contributed by atoms with Crippen molar-refractivity contribution < 1.29 is 23.9 Å². The summed E-state index contributed by atoms with van der Waals surface area (Å²) < 4.78 is 9.30. The molecule has 0 aromatic carbocycles. The molecule has 0 bridgehead atoms. The van der Waals surface area contributed by atoms with Gasteiger partial charge in [0.15, 0.2) is 0 Å². The molecule has 1 amide bonds. The highest BCUT2D eigenvalue weighted by Gasteiger charge is 2.51. The SMILES string of the molecule is COC(=O)c1ccnc(C(=O)NCC2(C(=O)OC)CC2)c1. The lowest BCUT2D eigenvalue weighted by molar-refractivity contribution is -0.146. The first-order valence-electron chi connectivity index (χ1n) is 6.43. The third-order valence-electron chi connectivity index (χ3n) is 3.47. The van der Waals surface area contributed by atoms with Crippen LogP contribution >= 0.6 is 0 Å². The van der Waals surface area contributed by atoms with Gasteiger partial charge in [0.25, 0.3) is 5.91 Å². The second kappa shape index (κ2) is 5.90. The smallest absolute Gasteiger partial charge is 0.337 e. The second-order valence-corrected chi connectivity index (χ2v) is 4.88. The van der Waals surface area contributed by atoms with Crippen LogP contribution in [0.5, 0.6) is 0 Å². The molecule has 21 heavy (non-hydrogen) atoms. The predicted molar refractivity (Wildman–Crippen MR) is 71.6 cm³/mol. The van der Waals surface area contributed by atoms with Crippen molar-refractivity contribution in [1.82, 2.24) is 10.3 Å². The number of hydrogen-bond acceptors (Lipinski definition) is 6. The van der Waals surface area contributed by atoms with Crippen LogP contribution in [0.4, 0.5) is 0 Å². The number of carbonyl (C=O) groups excluding carboxylic acids is 3. The number of pyridine rings is 1. The van der Waals surface area contributed by atoms with Gasteiger partial charge in [-0.2, -0.15) is 0 Å². The molecule has 0 radical (unpaired) electrons. The molecule has 0 atom stereocenters. The molecule has 7 nitrogen and oxygen atoms in total. The van der Waals surface area contributed by atoms with Crippen LogP contribution in [0.2, 0.25) is 0 Å². The zero-order chi connectivity index (χ0) is 15.5. The molecule has 0 unspecified atom stereocenters. The quantitative estimate of drug-likeness (QED) is 0.796. The minimum Gasteiger partial charge on any atom is -0.469 e. The first-order valence-corrected chi connectivity index (χ1v) is 6.43. The molecule has 1 aliphatic rings. The fraction of sp³-hybridized carbons (Fsp3) is 0.429. The molecule has 0 spiro atoms. The third kappa shape index (κ3) is 3.18. The maximum Gasteiger partial charge on any atom is 0.337 e. The van der Waals surface area contributed by atoms with E-state index in [2.05, 4.69) is 15.0 Å². The lowest BCUT2D eigenvalue weighted by Crippen LogP contribution is -2.35. The fourth-order valence-corrected chi connectivity index (χ4v) is 1.96. The molecule has 2 rings (SSSR count). The molecule has 1 fully saturated rings. The van der Waals surface area contributed by atoms with Gasteiger partial charge in [0, 0.05) is 12.7 Å². The van der Waals surface area contributed by atoms with Gasteiger partial charge in [0.05, 0.1) is 25.2 Å². The Labute approximate surface area is 121 Å². The van der Waals surface area contributed by atoms with Gasteiger partial charge in [0.1, 0.15) is 5.69 Å². The van der Waals surface area contributed by atoms with E-state index in [0.29, 0.717) is 12.8 Å². The van der Waals surface area contributed by atoms with Crippen molar-refractivity contribution in [3.63, 3.8) is 0 Å². The molecule has 1 N–H and O–H groups in total. The number of rotatable bonds is 5. The van der Waals surface area contributed by atoms with Gasteiger partial charge in [-0.1, -0.05) is 0 Å². The van der Waals surface area contributed by atoms with Crippen LogP contribution < -0.4 is 5.32 Å². The number of hydrogen-bond donors (Lipinski definition) is 1. The van der Waals surface area contributed by atoms with Crippen LogP contribution in [0, 0.1) is 5.41 Å². The molecule has 1 aromatic rings. The van der Waals surface area contributed by atoms with Crippen LogP contribution in [0.3, 0.4) is 0 Å². The van der Waals surface area contributed by atoms with Crippen molar-refractivity contribution in [2.75, 3.05) is 20.8 Å². The Kier molecular flexibility index (Phi) is 4.21. The van der Waals surface area contributed by atoms with Crippen LogP contribution in [0.25, 0.3) is 0 Å². The van der Waals surface area contributed by atoms with Crippen molar-refractivity contribution in [2.24, 2.45) is 5.41 Å². The summed E-state index contributed by atoms with van der Waals surface area (Å²) >= 11 is 0. The lowest BCUT2D eigenvalue weighted by Gasteiger charge is -2.13. The van der Waals surface area contributed by atoms with Gasteiger partial charge in [-0.3, -0.25) is 14.6 Å². The van der Waals surface area contributed by atoms with E-state index in [9.17, 15) is 14.4 Å². The first kappa shape index (κ1) is 15.0. The Morgan fingerprint density at radius 1 is 1.29 bits per heavy atom. The highest BCUT2D eigenvalue weighted by molar-refractivity contribution is 5.96. The van der Waals surface area contributed by atoms with E-state index in [1.165, 1.54) is 32.5 Å². The zero-order valence-corrected chi connectivity index (χ0v) is 11.8. The second-order valence-electron chi connectivity index (χ2n) is 4.88. The number of aromatic nitrogens is 1. The molecular weight excluding hydrogens is 276 g/mol. The summed E-state index contributed by atoms with van der Waals surface area (Å²) in [5.41, 5.74) is -0.269. The van der Waals surface area contributed by atoms with Crippen LogP contribution in [-0.4, -0.2) is 43.6 Å². The van der Waals surface area contributed by atoms with Crippen molar-refractivity contribution in [1.29, 1.82) is 0 Å². The highest BCUT2D eigenvalue weighted by atomic mass is 16.5.